The molecule has 0 aromatic heterocycles. The van der Waals surface area contributed by atoms with Gasteiger partial charge in [0.05, 0.1) is 24.3 Å². The van der Waals surface area contributed by atoms with E-state index in [0.717, 1.165) is 10.0 Å². The van der Waals surface area contributed by atoms with Crippen molar-refractivity contribution in [3.63, 3.8) is 0 Å². The second-order valence-electron chi connectivity index (χ2n) is 4.86. The van der Waals surface area contributed by atoms with E-state index in [0.29, 0.717) is 30.6 Å². The molecule has 1 aromatic rings. The van der Waals surface area contributed by atoms with E-state index in [2.05, 4.69) is 21.2 Å². The standard InChI is InChI=1S/C14H20BrNO3/c1-16-7-12(17)10-5-11(15)14(18-2)13(6-10)19-8-9-3-4-9/h5-6,9,12,16-17H,3-4,7-8H2,1-2H3. The van der Waals surface area contributed by atoms with E-state index in [1.165, 1.54) is 12.8 Å². The summed E-state index contributed by atoms with van der Waals surface area (Å²) < 4.78 is 12.0. The van der Waals surface area contributed by atoms with Gasteiger partial charge in [0.25, 0.3) is 0 Å². The van der Waals surface area contributed by atoms with Gasteiger partial charge in [-0.05, 0) is 59.4 Å². The van der Waals surface area contributed by atoms with Crippen molar-refractivity contribution in [2.45, 2.75) is 18.9 Å². The number of hydrogen-bond acceptors (Lipinski definition) is 4. The third kappa shape index (κ3) is 3.84. The van der Waals surface area contributed by atoms with Crippen molar-refractivity contribution < 1.29 is 14.6 Å². The average Bonchev–Trinajstić information content (AvgIpc) is 3.20. The van der Waals surface area contributed by atoms with E-state index < -0.39 is 6.10 Å². The topological polar surface area (TPSA) is 50.7 Å². The first-order valence-corrected chi connectivity index (χ1v) is 7.28. The molecule has 4 nitrogen and oxygen atoms in total. The summed E-state index contributed by atoms with van der Waals surface area (Å²) in [7, 11) is 3.43. The van der Waals surface area contributed by atoms with E-state index in [1.807, 2.05) is 19.2 Å². The Morgan fingerprint density at radius 2 is 2.21 bits per heavy atom. The summed E-state index contributed by atoms with van der Waals surface area (Å²) in [6.07, 6.45) is 1.92. The predicted octanol–water partition coefficient (Wildman–Crippen LogP) is 2.50. The molecule has 0 bridgehead atoms. The van der Waals surface area contributed by atoms with Crippen molar-refractivity contribution in [1.82, 2.24) is 5.32 Å². The molecule has 19 heavy (non-hydrogen) atoms. The first-order chi connectivity index (χ1) is 9.15. The van der Waals surface area contributed by atoms with Gasteiger partial charge in [0.15, 0.2) is 11.5 Å². The van der Waals surface area contributed by atoms with Crippen LogP contribution in [0.5, 0.6) is 11.5 Å². The zero-order chi connectivity index (χ0) is 13.8. The molecule has 0 amide bonds. The lowest BCUT2D eigenvalue weighted by Gasteiger charge is -2.16. The number of halogens is 1. The lowest BCUT2D eigenvalue weighted by Crippen LogP contribution is -2.17. The highest BCUT2D eigenvalue weighted by Crippen LogP contribution is 2.39. The van der Waals surface area contributed by atoms with Gasteiger partial charge >= 0.3 is 0 Å². The third-order valence-electron chi connectivity index (χ3n) is 3.19. The Kier molecular flexibility index (Phi) is 5.07. The van der Waals surface area contributed by atoms with Gasteiger partial charge in [-0.2, -0.15) is 0 Å². The summed E-state index contributed by atoms with van der Waals surface area (Å²) in [6.45, 7) is 1.22. The number of aliphatic hydroxyl groups is 1. The second kappa shape index (κ2) is 6.59. The zero-order valence-corrected chi connectivity index (χ0v) is 12.9. The molecule has 5 heteroatoms. The first-order valence-electron chi connectivity index (χ1n) is 6.48. The minimum absolute atomic E-state index is 0.501. The number of rotatable bonds is 7. The lowest BCUT2D eigenvalue weighted by atomic mass is 10.1. The van der Waals surface area contributed by atoms with E-state index in [1.54, 1.807) is 7.11 Å². The number of aliphatic hydroxyl groups excluding tert-OH is 1. The Bertz CT molecular complexity index is 435. The number of methoxy groups -OCH3 is 1. The van der Waals surface area contributed by atoms with Gasteiger partial charge in [-0.15, -0.1) is 0 Å². The summed E-state index contributed by atoms with van der Waals surface area (Å²) in [5.74, 6) is 2.05. The van der Waals surface area contributed by atoms with Crippen LogP contribution >= 0.6 is 15.9 Å². The highest BCUT2D eigenvalue weighted by Gasteiger charge is 2.23. The number of ether oxygens (including phenoxy) is 2. The molecule has 1 unspecified atom stereocenters. The molecule has 0 radical (unpaired) electrons. The van der Waals surface area contributed by atoms with Gasteiger partial charge in [0.1, 0.15) is 0 Å². The molecule has 0 spiro atoms. The molecule has 106 valence electrons. The summed E-state index contributed by atoms with van der Waals surface area (Å²) in [4.78, 5) is 0. The minimum atomic E-state index is -0.560. The van der Waals surface area contributed by atoms with Gasteiger partial charge in [0, 0.05) is 6.54 Å². The summed E-state index contributed by atoms with van der Waals surface area (Å²) >= 11 is 3.46. The molecule has 2 rings (SSSR count). The van der Waals surface area contributed by atoms with E-state index in [9.17, 15) is 5.11 Å². The van der Waals surface area contributed by atoms with Crippen LogP contribution in [-0.2, 0) is 0 Å². The molecular formula is C14H20BrNO3. The number of nitrogens with one attached hydrogen (secondary N) is 1. The molecule has 1 aliphatic carbocycles. The second-order valence-corrected chi connectivity index (χ2v) is 5.72. The molecular weight excluding hydrogens is 310 g/mol. The van der Waals surface area contributed by atoms with Crippen molar-refractivity contribution in [2.24, 2.45) is 5.92 Å². The van der Waals surface area contributed by atoms with Crippen molar-refractivity contribution in [1.29, 1.82) is 0 Å². The Morgan fingerprint density at radius 3 is 2.79 bits per heavy atom. The highest BCUT2D eigenvalue weighted by atomic mass is 79.9. The summed E-state index contributed by atoms with van der Waals surface area (Å²) in [5, 5.41) is 13.0. The van der Waals surface area contributed by atoms with Gasteiger partial charge in [-0.25, -0.2) is 0 Å². The van der Waals surface area contributed by atoms with Gasteiger partial charge < -0.3 is 19.9 Å². The summed E-state index contributed by atoms with van der Waals surface area (Å²) in [5.41, 5.74) is 0.813. The first kappa shape index (κ1) is 14.6. The molecule has 1 atom stereocenters. The number of benzene rings is 1. The number of likely N-dealkylation sites (N-methyl/N-ethyl adjacent to an activating group) is 1. The van der Waals surface area contributed by atoms with Crippen LogP contribution < -0.4 is 14.8 Å². The van der Waals surface area contributed by atoms with Crippen LogP contribution in [0.3, 0.4) is 0 Å². The monoisotopic (exact) mass is 329 g/mol. The maximum Gasteiger partial charge on any atom is 0.174 e. The van der Waals surface area contributed by atoms with Crippen molar-refractivity contribution in [2.75, 3.05) is 27.3 Å². The van der Waals surface area contributed by atoms with Crippen LogP contribution in [0.15, 0.2) is 16.6 Å². The smallest absolute Gasteiger partial charge is 0.174 e. The highest BCUT2D eigenvalue weighted by molar-refractivity contribution is 9.10. The quantitative estimate of drug-likeness (QED) is 0.807. The molecule has 2 N–H and O–H groups in total. The lowest BCUT2D eigenvalue weighted by molar-refractivity contribution is 0.176. The van der Waals surface area contributed by atoms with Crippen molar-refractivity contribution >= 4 is 15.9 Å². The third-order valence-corrected chi connectivity index (χ3v) is 3.78. The van der Waals surface area contributed by atoms with E-state index in [4.69, 9.17) is 9.47 Å². The molecule has 1 saturated carbocycles. The Morgan fingerprint density at radius 1 is 1.47 bits per heavy atom. The van der Waals surface area contributed by atoms with Crippen molar-refractivity contribution in [3.05, 3.63) is 22.2 Å². The van der Waals surface area contributed by atoms with Crippen LogP contribution in [0.25, 0.3) is 0 Å². The van der Waals surface area contributed by atoms with Crippen LogP contribution in [0, 0.1) is 5.92 Å². The molecule has 1 aromatic carbocycles. The van der Waals surface area contributed by atoms with Crippen LogP contribution in [0.2, 0.25) is 0 Å². The Balaban J connectivity index is 2.20. The SMILES string of the molecule is CNCC(O)c1cc(Br)c(OC)c(OCC2CC2)c1. The molecule has 0 aliphatic heterocycles. The normalized spacial score (nSPS) is 16.2. The van der Waals surface area contributed by atoms with Crippen LogP contribution in [-0.4, -0.2) is 32.4 Å². The fourth-order valence-corrected chi connectivity index (χ4v) is 2.51. The van der Waals surface area contributed by atoms with Gasteiger partial charge in [-0.3, -0.25) is 0 Å². The van der Waals surface area contributed by atoms with Gasteiger partial charge in [0.2, 0.25) is 0 Å². The zero-order valence-electron chi connectivity index (χ0n) is 11.3. The fourth-order valence-electron chi connectivity index (χ4n) is 1.89. The van der Waals surface area contributed by atoms with Crippen LogP contribution in [0.4, 0.5) is 0 Å². The Hall–Kier alpha value is -0.780. The molecule has 1 aliphatic rings. The number of hydrogen-bond donors (Lipinski definition) is 2. The van der Waals surface area contributed by atoms with E-state index >= 15 is 0 Å². The Labute approximate surface area is 122 Å². The summed E-state index contributed by atoms with van der Waals surface area (Å²) in [6, 6.07) is 3.72. The average molecular weight is 330 g/mol. The maximum absolute atomic E-state index is 10.0. The van der Waals surface area contributed by atoms with Crippen LogP contribution in [0.1, 0.15) is 24.5 Å². The fraction of sp³-hybridized carbons (Fsp3) is 0.571. The molecule has 0 heterocycles. The molecule has 0 saturated heterocycles. The largest absolute Gasteiger partial charge is 0.492 e. The van der Waals surface area contributed by atoms with E-state index in [-0.39, 0.29) is 0 Å². The van der Waals surface area contributed by atoms with Crippen molar-refractivity contribution in [3.8, 4) is 11.5 Å². The maximum atomic E-state index is 10.0. The van der Waals surface area contributed by atoms with Gasteiger partial charge in [-0.1, -0.05) is 0 Å². The minimum Gasteiger partial charge on any atom is -0.492 e. The molecule has 1 fully saturated rings. The predicted molar refractivity (Wildman–Crippen MR) is 77.8 cm³/mol.